The minimum absolute atomic E-state index is 0.166. The van der Waals surface area contributed by atoms with E-state index in [0.29, 0.717) is 5.57 Å². The van der Waals surface area contributed by atoms with E-state index in [-0.39, 0.29) is 6.54 Å². The summed E-state index contributed by atoms with van der Waals surface area (Å²) in [5.41, 5.74) is 1.64. The van der Waals surface area contributed by atoms with Crippen molar-refractivity contribution >= 4 is 17.6 Å². The summed E-state index contributed by atoms with van der Waals surface area (Å²) in [5.74, 6) is -1.09. The fourth-order valence-electron chi connectivity index (χ4n) is 2.34. The summed E-state index contributed by atoms with van der Waals surface area (Å²) >= 11 is 0. The molecule has 0 saturated carbocycles. The molecule has 1 amide bonds. The summed E-state index contributed by atoms with van der Waals surface area (Å²) in [6.45, 7) is 9.43. The average Bonchev–Trinajstić information content (AvgIpc) is 2.91. The summed E-state index contributed by atoms with van der Waals surface area (Å²) in [6.07, 6.45) is 0.915. The standard InChI is InChI=1S/C18H21NO4/c1-12(13-8-6-5-7-9-13)14-10-15(16(20)21)19(11-14)17(22)23-18(2,3)4/h5-10,15H,1,11H2,2-4H3,(H,20,21)/t15-/m1/s1. The molecule has 1 atom stereocenters. The molecule has 1 aliphatic heterocycles. The minimum Gasteiger partial charge on any atom is -0.479 e. The monoisotopic (exact) mass is 315 g/mol. The molecule has 0 saturated heterocycles. The molecule has 122 valence electrons. The van der Waals surface area contributed by atoms with Gasteiger partial charge in [0.1, 0.15) is 5.60 Å². The Morgan fingerprint density at radius 2 is 1.87 bits per heavy atom. The summed E-state index contributed by atoms with van der Waals surface area (Å²) in [5, 5.41) is 9.38. The van der Waals surface area contributed by atoms with E-state index in [1.165, 1.54) is 4.90 Å². The third-order valence-electron chi connectivity index (χ3n) is 3.43. The Bertz CT molecular complexity index is 655. The van der Waals surface area contributed by atoms with Crippen LogP contribution in [0.15, 0.2) is 48.6 Å². The second-order valence-corrected chi connectivity index (χ2v) is 6.43. The quantitative estimate of drug-likeness (QED) is 0.929. The van der Waals surface area contributed by atoms with Gasteiger partial charge in [-0.2, -0.15) is 0 Å². The molecule has 1 aromatic carbocycles. The van der Waals surface area contributed by atoms with Crippen LogP contribution in [0.25, 0.3) is 5.57 Å². The number of carbonyl (C=O) groups is 2. The first-order valence-electron chi connectivity index (χ1n) is 7.37. The molecule has 1 aliphatic rings. The highest BCUT2D eigenvalue weighted by Crippen LogP contribution is 2.29. The Morgan fingerprint density at radius 3 is 2.39 bits per heavy atom. The largest absolute Gasteiger partial charge is 0.479 e. The number of nitrogens with zero attached hydrogens (tertiary/aromatic N) is 1. The lowest BCUT2D eigenvalue weighted by molar-refractivity contribution is -0.140. The number of carboxylic acid groups (broad SMARTS) is 1. The molecule has 1 heterocycles. The van der Waals surface area contributed by atoms with Gasteiger partial charge in [-0.1, -0.05) is 36.9 Å². The van der Waals surface area contributed by atoms with Crippen LogP contribution < -0.4 is 0 Å². The van der Waals surface area contributed by atoms with Gasteiger partial charge >= 0.3 is 12.1 Å². The molecule has 1 aromatic rings. The number of hydrogen-bond acceptors (Lipinski definition) is 3. The zero-order chi connectivity index (χ0) is 17.2. The van der Waals surface area contributed by atoms with E-state index in [9.17, 15) is 14.7 Å². The fourth-order valence-corrected chi connectivity index (χ4v) is 2.34. The third-order valence-corrected chi connectivity index (χ3v) is 3.43. The van der Waals surface area contributed by atoms with Crippen LogP contribution in [0, 0.1) is 0 Å². The van der Waals surface area contributed by atoms with Crippen molar-refractivity contribution in [3.63, 3.8) is 0 Å². The number of hydrogen-bond donors (Lipinski definition) is 1. The lowest BCUT2D eigenvalue weighted by Gasteiger charge is -2.27. The second-order valence-electron chi connectivity index (χ2n) is 6.43. The Labute approximate surface area is 135 Å². The van der Waals surface area contributed by atoms with Crippen LogP contribution in [-0.2, 0) is 9.53 Å². The van der Waals surface area contributed by atoms with Crippen LogP contribution in [0.1, 0.15) is 26.3 Å². The number of carbonyl (C=O) groups excluding carboxylic acids is 1. The molecule has 1 N–H and O–H groups in total. The van der Waals surface area contributed by atoms with Crippen molar-refractivity contribution in [2.45, 2.75) is 32.4 Å². The van der Waals surface area contributed by atoms with E-state index in [0.717, 1.165) is 11.1 Å². The van der Waals surface area contributed by atoms with Crippen LogP contribution in [0.4, 0.5) is 4.79 Å². The lowest BCUT2D eigenvalue weighted by Crippen LogP contribution is -2.43. The van der Waals surface area contributed by atoms with E-state index in [4.69, 9.17) is 4.74 Å². The molecule has 5 nitrogen and oxygen atoms in total. The topological polar surface area (TPSA) is 66.8 Å². The maximum absolute atomic E-state index is 12.3. The Balaban J connectivity index is 2.22. The van der Waals surface area contributed by atoms with Gasteiger partial charge in [0.05, 0.1) is 6.54 Å². The number of benzene rings is 1. The Morgan fingerprint density at radius 1 is 1.26 bits per heavy atom. The summed E-state index contributed by atoms with van der Waals surface area (Å²) in [7, 11) is 0. The smallest absolute Gasteiger partial charge is 0.411 e. The van der Waals surface area contributed by atoms with E-state index < -0.39 is 23.7 Å². The van der Waals surface area contributed by atoms with Gasteiger partial charge in [0.25, 0.3) is 0 Å². The molecule has 23 heavy (non-hydrogen) atoms. The molecule has 0 unspecified atom stereocenters. The number of amides is 1. The highest BCUT2D eigenvalue weighted by atomic mass is 16.6. The van der Waals surface area contributed by atoms with Gasteiger partial charge in [0, 0.05) is 0 Å². The van der Waals surface area contributed by atoms with Crippen molar-refractivity contribution < 1.29 is 19.4 Å². The van der Waals surface area contributed by atoms with Crippen LogP contribution in [0.2, 0.25) is 0 Å². The molecule has 0 fully saturated rings. The number of ether oxygens (including phenoxy) is 1. The zero-order valence-electron chi connectivity index (χ0n) is 13.6. The van der Waals surface area contributed by atoms with Gasteiger partial charge in [-0.25, -0.2) is 9.59 Å². The first-order chi connectivity index (χ1) is 10.7. The summed E-state index contributed by atoms with van der Waals surface area (Å²) in [4.78, 5) is 24.9. The van der Waals surface area contributed by atoms with Crippen molar-refractivity contribution in [2.75, 3.05) is 6.54 Å². The van der Waals surface area contributed by atoms with E-state index in [2.05, 4.69) is 6.58 Å². The molecule has 0 aliphatic carbocycles. The summed E-state index contributed by atoms with van der Waals surface area (Å²) in [6, 6.07) is 8.42. The van der Waals surface area contributed by atoms with Gasteiger partial charge in [0.15, 0.2) is 6.04 Å². The van der Waals surface area contributed by atoms with Gasteiger partial charge < -0.3 is 9.84 Å². The molecule has 2 rings (SSSR count). The van der Waals surface area contributed by atoms with E-state index >= 15 is 0 Å². The number of rotatable bonds is 3. The molecule has 5 heteroatoms. The van der Waals surface area contributed by atoms with Crippen LogP contribution in [0.3, 0.4) is 0 Å². The van der Waals surface area contributed by atoms with Crippen LogP contribution in [0.5, 0.6) is 0 Å². The Hall–Kier alpha value is -2.56. The zero-order valence-corrected chi connectivity index (χ0v) is 13.6. The highest BCUT2D eigenvalue weighted by molar-refractivity contribution is 5.88. The van der Waals surface area contributed by atoms with Gasteiger partial charge in [-0.3, -0.25) is 4.90 Å². The lowest BCUT2D eigenvalue weighted by atomic mass is 10.00. The minimum atomic E-state index is -1.09. The number of aliphatic carboxylic acids is 1. The average molecular weight is 315 g/mol. The van der Waals surface area contributed by atoms with Crippen molar-refractivity contribution in [2.24, 2.45) is 0 Å². The van der Waals surface area contributed by atoms with E-state index in [1.807, 2.05) is 30.3 Å². The van der Waals surface area contributed by atoms with Crippen molar-refractivity contribution in [3.05, 3.63) is 54.1 Å². The van der Waals surface area contributed by atoms with Gasteiger partial charge in [-0.05, 0) is 43.6 Å². The van der Waals surface area contributed by atoms with Crippen LogP contribution >= 0.6 is 0 Å². The molecule has 0 aromatic heterocycles. The maximum Gasteiger partial charge on any atom is 0.411 e. The second kappa shape index (κ2) is 6.28. The molecule has 0 bridgehead atoms. The normalized spacial score (nSPS) is 17.6. The summed E-state index contributed by atoms with van der Waals surface area (Å²) < 4.78 is 5.30. The van der Waals surface area contributed by atoms with Crippen molar-refractivity contribution in [1.29, 1.82) is 0 Å². The first kappa shape index (κ1) is 16.8. The number of carboxylic acids is 1. The first-order valence-corrected chi connectivity index (χ1v) is 7.37. The third kappa shape index (κ3) is 4.00. The van der Waals surface area contributed by atoms with Crippen molar-refractivity contribution in [3.8, 4) is 0 Å². The van der Waals surface area contributed by atoms with Crippen molar-refractivity contribution in [1.82, 2.24) is 4.90 Å². The fraction of sp³-hybridized carbons (Fsp3) is 0.333. The molecule has 0 spiro atoms. The van der Waals surface area contributed by atoms with Crippen LogP contribution in [-0.4, -0.2) is 40.3 Å². The highest BCUT2D eigenvalue weighted by Gasteiger charge is 2.37. The predicted molar refractivity (Wildman–Crippen MR) is 87.9 cm³/mol. The maximum atomic E-state index is 12.3. The SMILES string of the molecule is C=C(C1=C[C@H](C(=O)O)N(C(=O)OC(C)(C)C)C1)c1ccccc1. The molecular weight excluding hydrogens is 294 g/mol. The van der Waals surface area contributed by atoms with Gasteiger partial charge in [-0.15, -0.1) is 0 Å². The molecular formula is C18H21NO4. The Kier molecular flexibility index (Phi) is 4.59. The van der Waals surface area contributed by atoms with E-state index in [1.54, 1.807) is 26.8 Å². The predicted octanol–water partition coefficient (Wildman–Crippen LogP) is 3.33. The van der Waals surface area contributed by atoms with Gasteiger partial charge in [0.2, 0.25) is 0 Å². The molecule has 0 radical (unpaired) electrons.